The van der Waals surface area contributed by atoms with Crippen LogP contribution in [0.3, 0.4) is 0 Å². The summed E-state index contributed by atoms with van der Waals surface area (Å²) in [5.41, 5.74) is 0. The molecule has 0 fully saturated rings. The molecule has 0 aromatic heterocycles. The monoisotopic (exact) mass is 280 g/mol. The van der Waals surface area contributed by atoms with Gasteiger partial charge in [-0.05, 0) is 21.0 Å². The van der Waals surface area contributed by atoms with Gasteiger partial charge in [-0.1, -0.05) is 0 Å². The number of halogens is 2. The second-order valence-electron chi connectivity index (χ2n) is 0.671. The Morgan fingerprint density at radius 1 is 0.889 bits per heavy atom. The van der Waals surface area contributed by atoms with Gasteiger partial charge in [0.1, 0.15) is 0 Å². The van der Waals surface area contributed by atoms with Gasteiger partial charge in [0.15, 0.2) is 0 Å². The molecule has 0 unspecified atom stereocenters. The molecule has 0 N–H and O–H groups in total. The second-order valence-corrected chi connectivity index (χ2v) is 1.35. The predicted molar refractivity (Wildman–Crippen MR) is 26.7 cm³/mol. The number of rotatable bonds is 0. The molecule has 0 aromatic carbocycles. The zero-order valence-electron chi connectivity index (χ0n) is 4.73. The maximum atomic E-state index is 2.85. The molecular weight excluding hydrogens is 282 g/mol. The Bertz CT molecular complexity index is 145. The molecule has 1 aliphatic heterocycles. The Labute approximate surface area is 96.1 Å². The summed E-state index contributed by atoms with van der Waals surface area (Å²) in [6.45, 7) is 0. The van der Waals surface area contributed by atoms with Crippen LogP contribution in [0, 0.1) is 0 Å². The van der Waals surface area contributed by atoms with E-state index in [1.54, 1.807) is 0 Å². The SMILES string of the molecule is C1=CC=C=S=1.[Cl-].[Cl-].[Zn].[Zn]. The standard InChI is InChI=1S/C4H2S.2ClH.2Zn/c1-2-4-5-3-1;;;;/h1-2H;2*1H;;/p-2. The summed E-state index contributed by atoms with van der Waals surface area (Å²) in [5.74, 6) is 0. The van der Waals surface area contributed by atoms with Crippen molar-refractivity contribution in [2.24, 2.45) is 0 Å². The van der Waals surface area contributed by atoms with Crippen molar-refractivity contribution in [3.8, 4) is 0 Å². The van der Waals surface area contributed by atoms with Gasteiger partial charge in [0, 0.05) is 51.1 Å². The van der Waals surface area contributed by atoms with Crippen molar-refractivity contribution in [3.05, 3.63) is 12.2 Å². The zero-order chi connectivity index (χ0) is 3.54. The van der Waals surface area contributed by atoms with Crippen LogP contribution in [0.2, 0.25) is 0 Å². The molecule has 1 rings (SSSR count). The Kier molecular flexibility index (Phi) is 40.3. The summed E-state index contributed by atoms with van der Waals surface area (Å²) < 4.78 is 0. The van der Waals surface area contributed by atoms with Crippen LogP contribution in [0.5, 0.6) is 0 Å². The molecule has 0 amide bonds. The van der Waals surface area contributed by atoms with E-state index in [1.807, 2.05) is 12.2 Å². The smallest absolute Gasteiger partial charge is 0.00000311 e. The Morgan fingerprint density at radius 3 is 1.33 bits per heavy atom. The zero-order valence-corrected chi connectivity index (χ0v) is 13.0. The van der Waals surface area contributed by atoms with E-state index in [4.69, 9.17) is 0 Å². The molecule has 0 aliphatic carbocycles. The van der Waals surface area contributed by atoms with E-state index >= 15 is 0 Å². The van der Waals surface area contributed by atoms with E-state index in [2.05, 4.69) is 10.0 Å². The van der Waals surface area contributed by atoms with Crippen molar-refractivity contribution in [2.45, 2.75) is 0 Å². The third-order valence-corrected chi connectivity index (χ3v) is 0.845. The summed E-state index contributed by atoms with van der Waals surface area (Å²) in [6.07, 6.45) is 3.68. The normalized spacial score (nSPS) is 7.11. The minimum Gasteiger partial charge on any atom is -1.00 e. The van der Waals surface area contributed by atoms with Crippen molar-refractivity contribution in [2.75, 3.05) is 0 Å². The van der Waals surface area contributed by atoms with Crippen LogP contribution in [-0.4, -0.2) is 10.0 Å². The van der Waals surface area contributed by atoms with E-state index in [0.717, 1.165) is 0 Å². The minimum absolute atomic E-state index is 0. The van der Waals surface area contributed by atoms with Crippen LogP contribution in [0.25, 0.3) is 0 Å². The van der Waals surface area contributed by atoms with E-state index in [9.17, 15) is 0 Å². The van der Waals surface area contributed by atoms with E-state index in [1.165, 1.54) is 10.9 Å². The molecule has 0 atom stereocenters. The average molecular weight is 284 g/mol. The quantitative estimate of drug-likeness (QED) is 0.308. The molecule has 0 saturated carbocycles. The van der Waals surface area contributed by atoms with Crippen LogP contribution in [-0.2, 0) is 39.0 Å². The summed E-state index contributed by atoms with van der Waals surface area (Å²) in [4.78, 5) is 0. The van der Waals surface area contributed by atoms with E-state index in [0.29, 0.717) is 0 Å². The maximum absolute atomic E-state index is 2.85. The molecule has 1 heterocycles. The van der Waals surface area contributed by atoms with Crippen LogP contribution < -0.4 is 24.8 Å². The molecule has 0 bridgehead atoms. The Hall–Kier alpha value is 1.35. The van der Waals surface area contributed by atoms with Gasteiger partial charge in [0.25, 0.3) is 0 Å². The fourth-order valence-electron chi connectivity index (χ4n) is 0.170. The third kappa shape index (κ3) is 12.5. The summed E-state index contributed by atoms with van der Waals surface area (Å²) in [5, 5.41) is 5.69. The van der Waals surface area contributed by atoms with Gasteiger partial charge >= 0.3 is 0 Å². The van der Waals surface area contributed by atoms with Crippen LogP contribution >= 0.6 is 10.9 Å². The minimum atomic E-state index is 0. The molecule has 0 radical (unpaired) electrons. The van der Waals surface area contributed by atoms with Crippen molar-refractivity contribution in [1.29, 1.82) is 0 Å². The molecular formula is C4H2Cl2SZn2-2. The third-order valence-electron chi connectivity index (χ3n) is 0.337. The molecule has 0 saturated heterocycles. The van der Waals surface area contributed by atoms with Crippen LogP contribution in [0.15, 0.2) is 12.2 Å². The van der Waals surface area contributed by atoms with Gasteiger partial charge in [0.05, 0.1) is 0 Å². The van der Waals surface area contributed by atoms with Gasteiger partial charge in [-0.25, -0.2) is 0 Å². The van der Waals surface area contributed by atoms with Gasteiger partial charge in [0.2, 0.25) is 0 Å². The molecule has 0 aromatic rings. The van der Waals surface area contributed by atoms with Gasteiger partial charge < -0.3 is 24.8 Å². The molecule has 0 nitrogen and oxygen atoms in total. The number of hydrogen-bond donors (Lipinski definition) is 0. The first-order valence-corrected chi connectivity index (χ1v) is 2.14. The van der Waals surface area contributed by atoms with Crippen molar-refractivity contribution in [3.63, 3.8) is 0 Å². The fraction of sp³-hybridized carbons (Fsp3) is 0. The fourth-order valence-corrected chi connectivity index (χ4v) is 0.510. The number of hydrogen-bond acceptors (Lipinski definition) is 0. The van der Waals surface area contributed by atoms with Crippen molar-refractivity contribution in [1.82, 2.24) is 0 Å². The first-order valence-electron chi connectivity index (χ1n) is 1.32. The largest absolute Gasteiger partial charge is 1.00 e. The van der Waals surface area contributed by atoms with Crippen molar-refractivity contribution < 1.29 is 63.8 Å². The molecule has 5 heteroatoms. The van der Waals surface area contributed by atoms with Gasteiger partial charge in [-0.2, -0.15) is 0 Å². The van der Waals surface area contributed by atoms with E-state index < -0.39 is 0 Å². The first-order chi connectivity index (χ1) is 2.50. The Morgan fingerprint density at radius 2 is 1.22 bits per heavy atom. The Balaban J connectivity index is -0.0000000312. The second kappa shape index (κ2) is 16.2. The molecule has 0 spiro atoms. The predicted octanol–water partition coefficient (Wildman–Crippen LogP) is -5.35. The number of allylic oxidation sites excluding steroid dienone is 2. The van der Waals surface area contributed by atoms with Crippen molar-refractivity contribution >= 4 is 21.0 Å². The molecule has 1 aliphatic rings. The topological polar surface area (TPSA) is 0 Å². The summed E-state index contributed by atoms with van der Waals surface area (Å²) >= 11 is 0. The van der Waals surface area contributed by atoms with Gasteiger partial charge in [-0.3, -0.25) is 0 Å². The van der Waals surface area contributed by atoms with Crippen LogP contribution in [0.4, 0.5) is 0 Å². The summed E-state index contributed by atoms with van der Waals surface area (Å²) in [6, 6.07) is 0. The average Bonchev–Trinajstić information content (AvgIpc) is 1.76. The first kappa shape index (κ1) is 22.4. The van der Waals surface area contributed by atoms with E-state index in [-0.39, 0.29) is 63.8 Å². The summed E-state index contributed by atoms with van der Waals surface area (Å²) in [7, 11) is 1.46. The maximum Gasteiger partial charge on any atom is 0.00000311 e. The molecule has 9 heavy (non-hydrogen) atoms. The van der Waals surface area contributed by atoms with Gasteiger partial charge in [-0.15, -0.1) is 0 Å². The molecule has 44 valence electrons. The van der Waals surface area contributed by atoms with Crippen LogP contribution in [0.1, 0.15) is 0 Å².